The summed E-state index contributed by atoms with van der Waals surface area (Å²) in [5.74, 6) is -0.122. The summed E-state index contributed by atoms with van der Waals surface area (Å²) in [6, 6.07) is 23.2. The molecule has 0 spiro atoms. The molecule has 3 aromatic carbocycles. The van der Waals surface area contributed by atoms with Gasteiger partial charge in [0, 0.05) is 31.9 Å². The van der Waals surface area contributed by atoms with Gasteiger partial charge in [0.1, 0.15) is 0 Å². The molecule has 29 heavy (non-hydrogen) atoms. The van der Waals surface area contributed by atoms with E-state index in [4.69, 9.17) is 0 Å². The van der Waals surface area contributed by atoms with Gasteiger partial charge in [0.25, 0.3) is 5.91 Å². The third kappa shape index (κ3) is 4.72. The van der Waals surface area contributed by atoms with Gasteiger partial charge in [0.15, 0.2) is 0 Å². The summed E-state index contributed by atoms with van der Waals surface area (Å²) in [5, 5.41) is 0. The Morgan fingerprint density at radius 1 is 0.828 bits per heavy atom. The Balaban J connectivity index is 1.71. The van der Waals surface area contributed by atoms with Crippen molar-refractivity contribution >= 4 is 21.6 Å². The molecule has 0 bridgehead atoms. The second kappa shape index (κ2) is 8.59. The van der Waals surface area contributed by atoms with E-state index in [0.717, 1.165) is 16.8 Å². The molecule has 5 nitrogen and oxygen atoms in total. The van der Waals surface area contributed by atoms with Gasteiger partial charge in [0.05, 0.1) is 4.90 Å². The van der Waals surface area contributed by atoms with Crippen LogP contribution in [0, 0.1) is 6.92 Å². The number of aryl methyl sites for hydroxylation is 1. The monoisotopic (exact) mass is 408 g/mol. The molecule has 0 saturated carbocycles. The highest BCUT2D eigenvalue weighted by molar-refractivity contribution is 7.89. The third-order valence-corrected chi connectivity index (χ3v) is 6.60. The maximum absolute atomic E-state index is 12.7. The zero-order valence-corrected chi connectivity index (χ0v) is 17.6. The molecule has 0 aliphatic carbocycles. The number of rotatable bonds is 6. The molecular weight excluding hydrogens is 384 g/mol. The molecule has 0 aromatic heterocycles. The first-order valence-electron chi connectivity index (χ1n) is 9.24. The van der Waals surface area contributed by atoms with Gasteiger partial charge in [-0.05, 0) is 48.9 Å². The van der Waals surface area contributed by atoms with Gasteiger partial charge in [-0.25, -0.2) is 8.42 Å². The third-order valence-electron chi connectivity index (χ3n) is 4.78. The number of carbonyl (C=O) groups is 1. The van der Waals surface area contributed by atoms with Crippen LogP contribution in [-0.2, 0) is 16.6 Å². The zero-order chi connectivity index (χ0) is 21.0. The van der Waals surface area contributed by atoms with Crippen LogP contribution in [0.5, 0.6) is 0 Å². The van der Waals surface area contributed by atoms with Gasteiger partial charge in [-0.15, -0.1) is 0 Å². The Morgan fingerprint density at radius 3 is 2.00 bits per heavy atom. The van der Waals surface area contributed by atoms with Crippen LogP contribution in [0.3, 0.4) is 0 Å². The Hall–Kier alpha value is -2.96. The minimum Gasteiger partial charge on any atom is -0.311 e. The average Bonchev–Trinajstić information content (AvgIpc) is 2.74. The molecule has 1 amide bonds. The first-order chi connectivity index (χ1) is 13.8. The topological polar surface area (TPSA) is 57.7 Å². The highest BCUT2D eigenvalue weighted by Crippen LogP contribution is 2.19. The molecule has 0 atom stereocenters. The van der Waals surface area contributed by atoms with E-state index in [1.54, 1.807) is 67.5 Å². The normalized spacial score (nSPS) is 11.4. The number of amides is 1. The molecule has 6 heteroatoms. The van der Waals surface area contributed by atoms with Gasteiger partial charge < -0.3 is 4.90 Å². The SMILES string of the molecule is Cc1ccc(S(=O)(=O)N(C)Cc2ccc(C(=O)N(C)c3ccccc3)cc2)cc1. The molecule has 150 valence electrons. The lowest BCUT2D eigenvalue weighted by Gasteiger charge is -2.19. The van der Waals surface area contributed by atoms with E-state index in [-0.39, 0.29) is 17.3 Å². The van der Waals surface area contributed by atoms with Crippen LogP contribution < -0.4 is 4.90 Å². The second-order valence-electron chi connectivity index (χ2n) is 6.97. The largest absolute Gasteiger partial charge is 0.311 e. The molecule has 0 fully saturated rings. The smallest absolute Gasteiger partial charge is 0.258 e. The molecule has 0 unspecified atom stereocenters. The fourth-order valence-corrected chi connectivity index (χ4v) is 4.11. The van der Waals surface area contributed by atoms with E-state index in [1.807, 2.05) is 37.3 Å². The van der Waals surface area contributed by atoms with Crippen LogP contribution in [0.1, 0.15) is 21.5 Å². The van der Waals surface area contributed by atoms with E-state index in [1.165, 1.54) is 4.31 Å². The summed E-state index contributed by atoms with van der Waals surface area (Å²) in [7, 11) is -0.289. The van der Waals surface area contributed by atoms with Crippen LogP contribution in [0.25, 0.3) is 0 Å². The summed E-state index contributed by atoms with van der Waals surface area (Å²) < 4.78 is 26.8. The van der Waals surface area contributed by atoms with Crippen LogP contribution in [-0.4, -0.2) is 32.7 Å². The van der Waals surface area contributed by atoms with Crippen molar-refractivity contribution in [2.24, 2.45) is 0 Å². The summed E-state index contributed by atoms with van der Waals surface area (Å²) in [4.78, 5) is 14.5. The Labute approximate surface area is 172 Å². The molecule has 3 rings (SSSR count). The van der Waals surface area contributed by atoms with Crippen molar-refractivity contribution in [2.45, 2.75) is 18.4 Å². The van der Waals surface area contributed by atoms with Crippen molar-refractivity contribution in [3.63, 3.8) is 0 Å². The summed E-state index contributed by atoms with van der Waals surface area (Å²) >= 11 is 0. The van der Waals surface area contributed by atoms with Gasteiger partial charge in [-0.3, -0.25) is 4.79 Å². The predicted octanol–water partition coefficient (Wildman–Crippen LogP) is 4.09. The molecule has 0 saturated heterocycles. The van der Waals surface area contributed by atoms with Gasteiger partial charge >= 0.3 is 0 Å². The maximum Gasteiger partial charge on any atom is 0.258 e. The minimum atomic E-state index is -3.57. The number of benzene rings is 3. The van der Waals surface area contributed by atoms with E-state index in [0.29, 0.717) is 5.56 Å². The minimum absolute atomic E-state index is 0.122. The molecule has 3 aromatic rings. The fraction of sp³-hybridized carbons (Fsp3) is 0.174. The lowest BCUT2D eigenvalue weighted by atomic mass is 10.1. The lowest BCUT2D eigenvalue weighted by Crippen LogP contribution is -2.27. The summed E-state index contributed by atoms with van der Waals surface area (Å²) in [5.41, 5.74) is 3.17. The van der Waals surface area contributed by atoms with Crippen molar-refractivity contribution in [3.05, 3.63) is 95.6 Å². The Bertz CT molecular complexity index is 1080. The number of sulfonamides is 1. The van der Waals surface area contributed by atoms with Crippen LogP contribution >= 0.6 is 0 Å². The quantitative estimate of drug-likeness (QED) is 0.617. The maximum atomic E-state index is 12.7. The second-order valence-corrected chi connectivity index (χ2v) is 9.02. The molecule has 0 radical (unpaired) electrons. The van der Waals surface area contributed by atoms with Gasteiger partial charge in [0.2, 0.25) is 10.0 Å². The number of para-hydroxylation sites is 1. The fourth-order valence-electron chi connectivity index (χ4n) is 2.95. The highest BCUT2D eigenvalue weighted by atomic mass is 32.2. The van der Waals surface area contributed by atoms with Gasteiger partial charge in [-0.1, -0.05) is 48.0 Å². The van der Waals surface area contributed by atoms with E-state index in [2.05, 4.69) is 0 Å². The van der Waals surface area contributed by atoms with Crippen LogP contribution in [0.15, 0.2) is 83.8 Å². The Morgan fingerprint density at radius 2 is 1.41 bits per heavy atom. The number of nitrogens with zero attached hydrogens (tertiary/aromatic N) is 2. The average molecular weight is 409 g/mol. The molecular formula is C23H24N2O3S. The molecule has 0 N–H and O–H groups in total. The Kier molecular flexibility index (Phi) is 6.15. The first kappa shape index (κ1) is 20.8. The van der Waals surface area contributed by atoms with Crippen molar-refractivity contribution in [2.75, 3.05) is 19.0 Å². The number of hydrogen-bond donors (Lipinski definition) is 0. The standard InChI is InChI=1S/C23H24N2O3S/c1-18-9-15-22(16-10-18)29(27,28)24(2)17-19-11-13-20(14-12-19)23(26)25(3)21-7-5-4-6-8-21/h4-16H,17H2,1-3H3. The van der Waals surface area contributed by atoms with E-state index in [9.17, 15) is 13.2 Å². The number of hydrogen-bond acceptors (Lipinski definition) is 3. The zero-order valence-electron chi connectivity index (χ0n) is 16.7. The van der Waals surface area contributed by atoms with E-state index >= 15 is 0 Å². The van der Waals surface area contributed by atoms with E-state index < -0.39 is 10.0 Å². The van der Waals surface area contributed by atoms with Crippen molar-refractivity contribution in [1.29, 1.82) is 0 Å². The summed E-state index contributed by atoms with van der Waals surface area (Å²) in [6.07, 6.45) is 0. The van der Waals surface area contributed by atoms with Crippen molar-refractivity contribution in [1.82, 2.24) is 4.31 Å². The van der Waals surface area contributed by atoms with Crippen LogP contribution in [0.4, 0.5) is 5.69 Å². The molecule has 0 heterocycles. The summed E-state index contributed by atoms with van der Waals surface area (Å²) in [6.45, 7) is 2.14. The lowest BCUT2D eigenvalue weighted by molar-refractivity contribution is 0.0993. The van der Waals surface area contributed by atoms with Gasteiger partial charge in [-0.2, -0.15) is 4.31 Å². The molecule has 0 aliphatic heterocycles. The molecule has 0 aliphatic rings. The highest BCUT2D eigenvalue weighted by Gasteiger charge is 2.21. The predicted molar refractivity (Wildman–Crippen MR) is 115 cm³/mol. The van der Waals surface area contributed by atoms with Crippen LogP contribution in [0.2, 0.25) is 0 Å². The van der Waals surface area contributed by atoms with Crippen molar-refractivity contribution < 1.29 is 13.2 Å². The number of carbonyl (C=O) groups excluding carboxylic acids is 1. The van der Waals surface area contributed by atoms with Crippen molar-refractivity contribution in [3.8, 4) is 0 Å². The first-order valence-corrected chi connectivity index (χ1v) is 10.7. The number of anilines is 1.